The van der Waals surface area contributed by atoms with Crippen LogP contribution < -0.4 is 10.6 Å². The van der Waals surface area contributed by atoms with Gasteiger partial charge in [-0.15, -0.1) is 0 Å². The molecule has 0 aliphatic carbocycles. The van der Waals surface area contributed by atoms with Crippen LogP contribution in [0.2, 0.25) is 5.02 Å². The van der Waals surface area contributed by atoms with Crippen LogP contribution in [0.1, 0.15) is 11.3 Å². The molecule has 1 aliphatic heterocycles. The molecule has 6 heteroatoms. The Hall–Kier alpha value is -1.72. The van der Waals surface area contributed by atoms with Crippen LogP contribution >= 0.6 is 11.6 Å². The van der Waals surface area contributed by atoms with Gasteiger partial charge in [-0.1, -0.05) is 17.7 Å². The molecular formula is C16H22ClN5. The average molecular weight is 320 g/mol. The van der Waals surface area contributed by atoms with Crippen molar-refractivity contribution in [2.45, 2.75) is 13.5 Å². The molecule has 0 saturated carbocycles. The highest BCUT2D eigenvalue weighted by molar-refractivity contribution is 6.34. The van der Waals surface area contributed by atoms with Gasteiger partial charge in [0.1, 0.15) is 0 Å². The third-order valence-electron chi connectivity index (χ3n) is 4.22. The molecule has 3 rings (SSSR count). The Kier molecular flexibility index (Phi) is 4.27. The zero-order valence-corrected chi connectivity index (χ0v) is 13.8. The fourth-order valence-corrected chi connectivity index (χ4v) is 3.34. The van der Waals surface area contributed by atoms with Crippen LogP contribution in [0.3, 0.4) is 0 Å². The van der Waals surface area contributed by atoms with Gasteiger partial charge in [0.05, 0.1) is 22.1 Å². The summed E-state index contributed by atoms with van der Waals surface area (Å²) in [5, 5.41) is 5.14. The normalized spacial score (nSPS) is 16.2. The second-order valence-electron chi connectivity index (χ2n) is 5.85. The van der Waals surface area contributed by atoms with E-state index < -0.39 is 0 Å². The van der Waals surface area contributed by atoms with Crippen LogP contribution in [-0.2, 0) is 13.6 Å². The first-order chi connectivity index (χ1) is 10.5. The highest BCUT2D eigenvalue weighted by Crippen LogP contribution is 2.32. The van der Waals surface area contributed by atoms with Crippen molar-refractivity contribution in [3.8, 4) is 0 Å². The van der Waals surface area contributed by atoms with E-state index in [1.54, 1.807) is 0 Å². The van der Waals surface area contributed by atoms with E-state index in [9.17, 15) is 0 Å². The van der Waals surface area contributed by atoms with Gasteiger partial charge >= 0.3 is 0 Å². The Bertz CT molecular complexity index is 638. The molecule has 1 aliphatic rings. The summed E-state index contributed by atoms with van der Waals surface area (Å²) in [5.74, 6) is 0. The summed E-state index contributed by atoms with van der Waals surface area (Å²) in [6.45, 7) is 6.89. The maximum absolute atomic E-state index is 6.31. The second kappa shape index (κ2) is 6.18. The van der Waals surface area contributed by atoms with Crippen molar-refractivity contribution in [3.05, 3.63) is 40.7 Å². The van der Waals surface area contributed by atoms with Crippen LogP contribution in [-0.4, -0.2) is 40.9 Å². The van der Waals surface area contributed by atoms with Crippen molar-refractivity contribution in [2.24, 2.45) is 7.05 Å². The Morgan fingerprint density at radius 2 is 1.95 bits per heavy atom. The first-order valence-electron chi connectivity index (χ1n) is 7.55. The summed E-state index contributed by atoms with van der Waals surface area (Å²) in [6.07, 6.45) is 2.10. The molecule has 0 unspecified atom stereocenters. The molecule has 5 nitrogen and oxygen atoms in total. The number of benzene rings is 1. The minimum atomic E-state index is 0.733. The third-order valence-corrected chi connectivity index (χ3v) is 4.52. The lowest BCUT2D eigenvalue weighted by Gasteiger charge is -2.36. The molecule has 22 heavy (non-hydrogen) atoms. The maximum Gasteiger partial charge on any atom is 0.0790 e. The van der Waals surface area contributed by atoms with Crippen molar-refractivity contribution in [1.82, 2.24) is 14.7 Å². The Morgan fingerprint density at radius 3 is 2.55 bits per heavy atom. The smallest absolute Gasteiger partial charge is 0.0790 e. The molecule has 2 heterocycles. The van der Waals surface area contributed by atoms with Crippen molar-refractivity contribution in [3.63, 3.8) is 0 Å². The van der Waals surface area contributed by atoms with Gasteiger partial charge in [-0.25, -0.2) is 0 Å². The number of halogens is 1. The van der Waals surface area contributed by atoms with Gasteiger partial charge in [0.2, 0.25) is 0 Å². The molecule has 0 radical (unpaired) electrons. The summed E-state index contributed by atoms with van der Waals surface area (Å²) in [7, 11) is 1.97. The molecule has 1 aromatic carbocycles. The number of para-hydroxylation sites is 1. The highest BCUT2D eigenvalue weighted by atomic mass is 35.5. The number of hydrogen-bond acceptors (Lipinski definition) is 4. The summed E-state index contributed by atoms with van der Waals surface area (Å²) in [5.41, 5.74) is 10.2. The van der Waals surface area contributed by atoms with E-state index in [2.05, 4.69) is 28.0 Å². The van der Waals surface area contributed by atoms with Gasteiger partial charge in [0.25, 0.3) is 0 Å². The number of hydrogen-bond donors (Lipinski definition) is 1. The Labute approximate surface area is 136 Å². The predicted octanol–water partition coefficient (Wildman–Crippen LogP) is 2.29. The van der Waals surface area contributed by atoms with E-state index in [1.807, 2.05) is 29.9 Å². The molecule has 0 spiro atoms. The lowest BCUT2D eigenvalue weighted by molar-refractivity contribution is 0.249. The van der Waals surface area contributed by atoms with E-state index in [-0.39, 0.29) is 0 Å². The highest BCUT2D eigenvalue weighted by Gasteiger charge is 2.21. The molecule has 1 saturated heterocycles. The first kappa shape index (κ1) is 15.2. The quantitative estimate of drug-likeness (QED) is 0.882. The Balaban J connectivity index is 1.64. The molecule has 0 bridgehead atoms. The second-order valence-corrected chi connectivity index (χ2v) is 6.26. The van der Waals surface area contributed by atoms with Gasteiger partial charge in [0.15, 0.2) is 0 Å². The van der Waals surface area contributed by atoms with E-state index in [4.69, 9.17) is 17.3 Å². The first-order valence-corrected chi connectivity index (χ1v) is 7.93. The number of nitrogens with zero attached hydrogens (tertiary/aromatic N) is 4. The molecular weight excluding hydrogens is 298 g/mol. The average Bonchev–Trinajstić information content (AvgIpc) is 2.78. The van der Waals surface area contributed by atoms with Gasteiger partial charge in [-0.05, 0) is 19.1 Å². The zero-order chi connectivity index (χ0) is 15.7. The third kappa shape index (κ3) is 3.05. The van der Waals surface area contributed by atoms with Crippen LogP contribution in [0.25, 0.3) is 0 Å². The summed E-state index contributed by atoms with van der Waals surface area (Å²) >= 11 is 6.31. The van der Waals surface area contributed by atoms with E-state index in [0.29, 0.717) is 0 Å². The van der Waals surface area contributed by atoms with E-state index >= 15 is 0 Å². The topological polar surface area (TPSA) is 50.3 Å². The lowest BCUT2D eigenvalue weighted by atomic mass is 10.2. The van der Waals surface area contributed by atoms with Gasteiger partial charge in [-0.3, -0.25) is 9.58 Å². The number of anilines is 2. The molecule has 2 N–H and O–H groups in total. The largest absolute Gasteiger partial charge is 0.397 e. The van der Waals surface area contributed by atoms with Crippen LogP contribution in [0.15, 0.2) is 24.4 Å². The predicted molar refractivity (Wildman–Crippen MR) is 91.3 cm³/mol. The number of piperazine rings is 1. The molecule has 0 atom stereocenters. The van der Waals surface area contributed by atoms with E-state index in [0.717, 1.165) is 54.8 Å². The fourth-order valence-electron chi connectivity index (χ4n) is 3.04. The van der Waals surface area contributed by atoms with Crippen LogP contribution in [0.4, 0.5) is 11.4 Å². The van der Waals surface area contributed by atoms with Gasteiger partial charge < -0.3 is 10.6 Å². The van der Waals surface area contributed by atoms with Crippen molar-refractivity contribution >= 4 is 23.0 Å². The number of aryl methyl sites for hydroxylation is 2. The molecule has 0 amide bonds. The number of aromatic nitrogens is 2. The van der Waals surface area contributed by atoms with Crippen LogP contribution in [0, 0.1) is 6.92 Å². The summed E-state index contributed by atoms with van der Waals surface area (Å²) < 4.78 is 1.88. The number of rotatable bonds is 3. The van der Waals surface area contributed by atoms with Gasteiger partial charge in [0, 0.05) is 51.5 Å². The lowest BCUT2D eigenvalue weighted by Crippen LogP contribution is -2.46. The van der Waals surface area contributed by atoms with Crippen LogP contribution in [0.5, 0.6) is 0 Å². The van der Waals surface area contributed by atoms with Crippen molar-refractivity contribution in [2.75, 3.05) is 36.8 Å². The zero-order valence-electron chi connectivity index (χ0n) is 13.1. The van der Waals surface area contributed by atoms with Crippen molar-refractivity contribution < 1.29 is 0 Å². The minimum absolute atomic E-state index is 0.733. The van der Waals surface area contributed by atoms with E-state index in [1.165, 1.54) is 5.56 Å². The molecule has 118 valence electrons. The molecule has 1 fully saturated rings. The number of nitrogen functional groups attached to an aromatic ring is 1. The van der Waals surface area contributed by atoms with Crippen molar-refractivity contribution in [1.29, 1.82) is 0 Å². The summed E-state index contributed by atoms with van der Waals surface area (Å²) in [4.78, 5) is 4.73. The minimum Gasteiger partial charge on any atom is -0.397 e. The molecule has 2 aromatic rings. The standard InChI is InChI=1S/C16H22ClN5/c1-12-13(10-20(2)19-12)11-21-6-8-22(9-7-21)16-14(17)4-3-5-15(16)18/h3-5,10H,6-9,11,18H2,1-2H3. The Morgan fingerprint density at radius 1 is 1.23 bits per heavy atom. The number of nitrogens with two attached hydrogens (primary N) is 1. The fraction of sp³-hybridized carbons (Fsp3) is 0.438. The van der Waals surface area contributed by atoms with Gasteiger partial charge in [-0.2, -0.15) is 5.10 Å². The molecule has 1 aromatic heterocycles. The SMILES string of the molecule is Cc1nn(C)cc1CN1CCN(c2c(N)cccc2Cl)CC1. The maximum atomic E-state index is 6.31. The monoisotopic (exact) mass is 319 g/mol. The summed E-state index contributed by atoms with van der Waals surface area (Å²) in [6, 6.07) is 5.70.